The zero-order valence-corrected chi connectivity index (χ0v) is 17.3. The molecular formula is C20H27N3O7. The Kier molecular flexibility index (Phi) is 9.56. The number of carbonyl (C=O) groups excluding carboxylic acids is 2. The molecule has 10 nitrogen and oxygen atoms in total. The van der Waals surface area contributed by atoms with Crippen LogP contribution in [0.4, 0.5) is 0 Å². The molecule has 0 spiro atoms. The number of rotatable bonds is 10. The van der Waals surface area contributed by atoms with Gasteiger partial charge >= 0.3 is 11.9 Å². The summed E-state index contributed by atoms with van der Waals surface area (Å²) in [6, 6.07) is 9.45. The van der Waals surface area contributed by atoms with Crippen LogP contribution in [0.1, 0.15) is 32.8 Å². The van der Waals surface area contributed by atoms with E-state index < -0.39 is 42.6 Å². The minimum Gasteiger partial charge on any atom is -0.456 e. The first-order valence-corrected chi connectivity index (χ1v) is 9.70. The molecule has 2 rings (SSSR count). The molecule has 30 heavy (non-hydrogen) atoms. The molecule has 0 aromatic heterocycles. The second kappa shape index (κ2) is 12.1. The highest BCUT2D eigenvalue weighted by atomic mass is 16.7. The molecule has 1 saturated heterocycles. The highest BCUT2D eigenvalue weighted by Crippen LogP contribution is 2.30. The Labute approximate surface area is 175 Å². The summed E-state index contributed by atoms with van der Waals surface area (Å²) in [5, 5.41) is 3.47. The Morgan fingerprint density at radius 1 is 1.07 bits per heavy atom. The lowest BCUT2D eigenvalue weighted by Crippen LogP contribution is -2.60. The number of benzene rings is 1. The Bertz CT molecular complexity index is 739. The van der Waals surface area contributed by atoms with Gasteiger partial charge in [0.2, 0.25) is 0 Å². The average molecular weight is 421 g/mol. The van der Waals surface area contributed by atoms with Crippen LogP contribution in [0.5, 0.6) is 0 Å². The van der Waals surface area contributed by atoms with Gasteiger partial charge < -0.3 is 23.7 Å². The molecule has 164 valence electrons. The largest absolute Gasteiger partial charge is 0.456 e. The van der Waals surface area contributed by atoms with E-state index in [1.807, 2.05) is 30.3 Å². The van der Waals surface area contributed by atoms with Gasteiger partial charge in [-0.15, -0.1) is 0 Å². The highest BCUT2D eigenvalue weighted by Gasteiger charge is 2.49. The number of hydrogen-bond acceptors (Lipinski definition) is 8. The lowest BCUT2D eigenvalue weighted by atomic mass is 9.98. The quantitative estimate of drug-likeness (QED) is 0.187. The predicted molar refractivity (Wildman–Crippen MR) is 105 cm³/mol. The third-order valence-corrected chi connectivity index (χ3v) is 4.36. The molecular weight excluding hydrogens is 394 g/mol. The van der Waals surface area contributed by atoms with Crippen LogP contribution < -0.4 is 0 Å². The van der Waals surface area contributed by atoms with Crippen LogP contribution in [-0.2, 0) is 39.9 Å². The summed E-state index contributed by atoms with van der Waals surface area (Å²) in [6.07, 6.45) is -3.59. The smallest absolute Gasteiger partial charge is 0.303 e. The summed E-state index contributed by atoms with van der Waals surface area (Å²) in [7, 11) is 0. The first-order valence-electron chi connectivity index (χ1n) is 9.70. The van der Waals surface area contributed by atoms with Gasteiger partial charge in [0.1, 0.15) is 6.10 Å². The van der Waals surface area contributed by atoms with Gasteiger partial charge in [0.25, 0.3) is 0 Å². The maximum absolute atomic E-state index is 11.8. The monoisotopic (exact) mass is 421 g/mol. The summed E-state index contributed by atoms with van der Waals surface area (Å²) in [5.74, 6) is -1.06. The van der Waals surface area contributed by atoms with Crippen LogP contribution in [0.2, 0.25) is 0 Å². The highest BCUT2D eigenvalue weighted by molar-refractivity contribution is 5.67. The maximum Gasteiger partial charge on any atom is 0.303 e. The van der Waals surface area contributed by atoms with Crippen molar-refractivity contribution in [1.29, 1.82) is 0 Å². The van der Waals surface area contributed by atoms with E-state index in [-0.39, 0.29) is 19.8 Å². The summed E-state index contributed by atoms with van der Waals surface area (Å²) >= 11 is 0. The molecule has 0 saturated carbocycles. The van der Waals surface area contributed by atoms with Crippen LogP contribution in [0, 0.1) is 0 Å². The third kappa shape index (κ3) is 7.31. The maximum atomic E-state index is 11.8. The SMILES string of the molecule is CC(=O)O[C@H]1[C@H](OCc2ccccc2)[C@@H](OCCCN=[N+]=[N-])O[C@@H](C)[C@H]1OC(C)=O. The van der Waals surface area contributed by atoms with Gasteiger partial charge in [-0.1, -0.05) is 35.4 Å². The molecule has 1 aliphatic rings. The van der Waals surface area contributed by atoms with E-state index in [1.54, 1.807) is 6.92 Å². The summed E-state index contributed by atoms with van der Waals surface area (Å²) < 4.78 is 28.6. The van der Waals surface area contributed by atoms with E-state index in [4.69, 9.17) is 29.2 Å². The van der Waals surface area contributed by atoms with Crippen molar-refractivity contribution in [2.24, 2.45) is 5.11 Å². The lowest BCUT2D eigenvalue weighted by molar-refractivity contribution is -0.308. The Morgan fingerprint density at radius 3 is 2.37 bits per heavy atom. The lowest BCUT2D eigenvalue weighted by Gasteiger charge is -2.43. The van der Waals surface area contributed by atoms with Gasteiger partial charge in [0, 0.05) is 31.9 Å². The predicted octanol–water partition coefficient (Wildman–Crippen LogP) is 2.90. The van der Waals surface area contributed by atoms with E-state index in [1.165, 1.54) is 13.8 Å². The van der Waals surface area contributed by atoms with Gasteiger partial charge in [-0.2, -0.15) is 0 Å². The molecule has 0 unspecified atom stereocenters. The molecule has 0 aliphatic carbocycles. The first kappa shape index (κ1) is 23.6. The molecule has 0 radical (unpaired) electrons. The van der Waals surface area contributed by atoms with E-state index in [0.717, 1.165) is 5.56 Å². The molecule has 0 bridgehead atoms. The summed E-state index contributed by atoms with van der Waals surface area (Å²) in [4.78, 5) is 26.1. The minimum absolute atomic E-state index is 0.215. The summed E-state index contributed by atoms with van der Waals surface area (Å²) in [6.45, 7) is 4.98. The normalized spacial score (nSPS) is 25.8. The Balaban J connectivity index is 2.20. The van der Waals surface area contributed by atoms with Crippen molar-refractivity contribution in [2.45, 2.75) is 64.5 Å². The zero-order valence-electron chi connectivity index (χ0n) is 17.3. The number of esters is 2. The topological polar surface area (TPSA) is 129 Å². The number of azide groups is 1. The van der Waals surface area contributed by atoms with Crippen LogP contribution in [-0.4, -0.2) is 55.8 Å². The second-order valence-corrected chi connectivity index (χ2v) is 6.80. The fraction of sp³-hybridized carbons (Fsp3) is 0.600. The van der Waals surface area contributed by atoms with Gasteiger partial charge in [0.05, 0.1) is 12.7 Å². The van der Waals surface area contributed by atoms with E-state index >= 15 is 0 Å². The fourth-order valence-corrected chi connectivity index (χ4v) is 3.11. The molecule has 1 aliphatic heterocycles. The number of nitrogens with zero attached hydrogens (tertiary/aromatic N) is 3. The van der Waals surface area contributed by atoms with E-state index in [9.17, 15) is 9.59 Å². The summed E-state index contributed by atoms with van der Waals surface area (Å²) in [5.41, 5.74) is 9.28. The zero-order chi connectivity index (χ0) is 21.9. The molecule has 5 atom stereocenters. The molecule has 1 aromatic carbocycles. The van der Waals surface area contributed by atoms with Crippen molar-refractivity contribution >= 4 is 11.9 Å². The van der Waals surface area contributed by atoms with Crippen molar-refractivity contribution < 1.29 is 33.3 Å². The number of ether oxygens (including phenoxy) is 5. The standard InChI is InChI=1S/C20H27N3O7/c1-13-17(29-14(2)24)18(30-15(3)25)19(27-12-16-8-5-4-6-9-16)20(28-13)26-11-7-10-22-23-21/h4-6,8-9,13,17-20H,7,10-12H2,1-3H3/t13-,17+,18+,19-,20-/m0/s1. The van der Waals surface area contributed by atoms with Crippen LogP contribution in [0.3, 0.4) is 0 Å². The molecule has 10 heteroatoms. The number of hydrogen-bond donors (Lipinski definition) is 0. The third-order valence-electron chi connectivity index (χ3n) is 4.36. The van der Waals surface area contributed by atoms with Crippen molar-refractivity contribution in [3.05, 3.63) is 46.3 Å². The first-order chi connectivity index (χ1) is 14.4. The fourth-order valence-electron chi connectivity index (χ4n) is 3.11. The van der Waals surface area contributed by atoms with Crippen LogP contribution in [0.25, 0.3) is 10.4 Å². The second-order valence-electron chi connectivity index (χ2n) is 6.80. The minimum atomic E-state index is -0.916. The van der Waals surface area contributed by atoms with Gasteiger partial charge in [-0.3, -0.25) is 9.59 Å². The van der Waals surface area contributed by atoms with Crippen LogP contribution in [0.15, 0.2) is 35.4 Å². The van der Waals surface area contributed by atoms with Gasteiger partial charge in [0.15, 0.2) is 18.5 Å². The molecule has 1 fully saturated rings. The number of carbonyl (C=O) groups is 2. The van der Waals surface area contributed by atoms with Crippen molar-refractivity contribution in [3.63, 3.8) is 0 Å². The van der Waals surface area contributed by atoms with Crippen molar-refractivity contribution in [1.82, 2.24) is 0 Å². The molecule has 1 aromatic rings. The van der Waals surface area contributed by atoms with Crippen molar-refractivity contribution in [2.75, 3.05) is 13.2 Å². The Morgan fingerprint density at radius 2 is 1.73 bits per heavy atom. The van der Waals surface area contributed by atoms with E-state index in [0.29, 0.717) is 6.42 Å². The van der Waals surface area contributed by atoms with Crippen LogP contribution >= 0.6 is 0 Å². The molecule has 0 N–H and O–H groups in total. The molecule has 1 heterocycles. The van der Waals surface area contributed by atoms with Gasteiger partial charge in [-0.25, -0.2) is 0 Å². The molecule has 0 amide bonds. The Hall–Kier alpha value is -2.65. The van der Waals surface area contributed by atoms with Gasteiger partial charge in [-0.05, 0) is 24.4 Å². The van der Waals surface area contributed by atoms with E-state index in [2.05, 4.69) is 10.0 Å². The average Bonchev–Trinajstić information content (AvgIpc) is 2.70. The van der Waals surface area contributed by atoms with Crippen molar-refractivity contribution in [3.8, 4) is 0 Å².